The van der Waals surface area contributed by atoms with Crippen LogP contribution in [0.4, 0.5) is 9.80 Å². The Kier molecular flexibility index (Phi) is 8.11. The molecule has 2 aliphatic rings. The van der Waals surface area contributed by atoms with Crippen molar-refractivity contribution in [2.45, 2.75) is 45.4 Å². The number of carbonyl (C=O) groups excluding carboxylic acids is 3. The third kappa shape index (κ3) is 5.55. The molecule has 1 aromatic carbocycles. The Morgan fingerprint density at radius 3 is 2.62 bits per heavy atom. The number of esters is 1. The number of ether oxygens (including phenoxy) is 1. The van der Waals surface area contributed by atoms with Crippen LogP contribution < -0.4 is 10.6 Å². The number of hydrogen-bond donors (Lipinski definition) is 2. The third-order valence-electron chi connectivity index (χ3n) is 6.44. The first-order chi connectivity index (χ1) is 16.5. The molecular weight excluding hydrogens is 474 g/mol. The number of aryl methyl sites for hydroxylation is 1. The predicted octanol–water partition coefficient (Wildman–Crippen LogP) is 5.13. The summed E-state index contributed by atoms with van der Waals surface area (Å²) in [6, 6.07) is 6.77. The van der Waals surface area contributed by atoms with Crippen LogP contribution in [0.2, 0.25) is 5.02 Å². The van der Waals surface area contributed by atoms with E-state index >= 15 is 0 Å². The summed E-state index contributed by atoms with van der Waals surface area (Å²) in [6.07, 6.45) is 5.52. The van der Waals surface area contributed by atoms with Crippen molar-refractivity contribution in [3.63, 3.8) is 0 Å². The van der Waals surface area contributed by atoms with Crippen molar-refractivity contribution >= 4 is 45.8 Å². The van der Waals surface area contributed by atoms with Crippen LogP contribution in [0.3, 0.4) is 0 Å². The molecule has 0 spiro atoms. The smallest absolute Gasteiger partial charge is 0.341 e. The molecule has 0 bridgehead atoms. The molecule has 0 atom stereocenters. The van der Waals surface area contributed by atoms with Crippen LogP contribution in [0, 0.1) is 5.92 Å². The minimum atomic E-state index is -0.368. The summed E-state index contributed by atoms with van der Waals surface area (Å²) in [4.78, 5) is 40.9. The van der Waals surface area contributed by atoms with E-state index in [4.69, 9.17) is 16.3 Å². The summed E-state index contributed by atoms with van der Waals surface area (Å²) in [6.45, 7) is 3.85. The highest BCUT2D eigenvalue weighted by Crippen LogP contribution is 2.38. The number of anilines is 1. The molecule has 0 radical (unpaired) electrons. The first kappa shape index (κ1) is 24.5. The molecule has 0 unspecified atom stereocenters. The zero-order valence-electron chi connectivity index (χ0n) is 19.3. The number of thiophene rings is 1. The Bertz CT molecular complexity index is 1060. The molecule has 1 aliphatic heterocycles. The highest BCUT2D eigenvalue weighted by atomic mass is 35.5. The lowest BCUT2D eigenvalue weighted by molar-refractivity contribution is 0.0526. The standard InChI is InChI=1S/C25H30ClN3O4S/c1-2-33-24(31)21-18-8-4-6-10-20(18)34-22(21)28-25(32)27-15-16-11-13-29(14-12-16)23(30)17-7-3-5-9-19(17)26/h3,5,7,9,16H,2,4,6,8,10-15H2,1H3,(H2,27,28,32). The van der Waals surface area contributed by atoms with Gasteiger partial charge in [-0.25, -0.2) is 9.59 Å². The SMILES string of the molecule is CCOC(=O)c1c(NC(=O)NCC2CCN(C(=O)c3ccccc3Cl)CC2)sc2c1CCCC2. The van der Waals surface area contributed by atoms with Crippen molar-refractivity contribution in [3.05, 3.63) is 50.9 Å². The fourth-order valence-electron chi connectivity index (χ4n) is 4.60. The van der Waals surface area contributed by atoms with Crippen LogP contribution in [-0.2, 0) is 17.6 Å². The van der Waals surface area contributed by atoms with Crippen molar-refractivity contribution in [2.24, 2.45) is 5.92 Å². The van der Waals surface area contributed by atoms with E-state index in [0.717, 1.165) is 44.1 Å². The maximum absolute atomic E-state index is 12.7. The van der Waals surface area contributed by atoms with Gasteiger partial charge in [-0.2, -0.15) is 0 Å². The Morgan fingerprint density at radius 1 is 1.15 bits per heavy atom. The van der Waals surface area contributed by atoms with E-state index in [9.17, 15) is 14.4 Å². The second-order valence-electron chi connectivity index (χ2n) is 8.69. The molecule has 1 aliphatic carbocycles. The van der Waals surface area contributed by atoms with Gasteiger partial charge in [0.05, 0.1) is 22.8 Å². The number of nitrogens with zero attached hydrogens (tertiary/aromatic N) is 1. The largest absolute Gasteiger partial charge is 0.462 e. The fraction of sp³-hybridized carbons (Fsp3) is 0.480. The van der Waals surface area contributed by atoms with Gasteiger partial charge in [-0.15, -0.1) is 11.3 Å². The minimum absolute atomic E-state index is 0.0529. The zero-order chi connectivity index (χ0) is 24.1. The lowest BCUT2D eigenvalue weighted by Gasteiger charge is -2.32. The number of amides is 3. The average molecular weight is 504 g/mol. The summed E-state index contributed by atoms with van der Waals surface area (Å²) in [7, 11) is 0. The number of nitrogens with one attached hydrogen (secondary N) is 2. The molecular formula is C25H30ClN3O4S. The van der Waals surface area contributed by atoms with Crippen molar-refractivity contribution < 1.29 is 19.1 Å². The third-order valence-corrected chi connectivity index (χ3v) is 7.97. The molecule has 9 heteroatoms. The van der Waals surface area contributed by atoms with Gasteiger partial charge in [0.1, 0.15) is 5.00 Å². The highest BCUT2D eigenvalue weighted by molar-refractivity contribution is 7.17. The Balaban J connectivity index is 1.30. The Hall–Kier alpha value is -2.58. The van der Waals surface area contributed by atoms with Crippen molar-refractivity contribution in [3.8, 4) is 0 Å². The van der Waals surface area contributed by atoms with Crippen LogP contribution >= 0.6 is 22.9 Å². The van der Waals surface area contributed by atoms with Gasteiger partial charge < -0.3 is 15.0 Å². The molecule has 2 aromatic rings. The van der Waals surface area contributed by atoms with Crippen LogP contribution in [0.5, 0.6) is 0 Å². The predicted molar refractivity (Wildman–Crippen MR) is 134 cm³/mol. The fourth-order valence-corrected chi connectivity index (χ4v) is 6.09. The highest BCUT2D eigenvalue weighted by Gasteiger charge is 2.28. The zero-order valence-corrected chi connectivity index (χ0v) is 20.9. The van der Waals surface area contributed by atoms with Crippen LogP contribution in [0.15, 0.2) is 24.3 Å². The summed E-state index contributed by atoms with van der Waals surface area (Å²) in [5, 5.41) is 6.87. The number of hydrogen-bond acceptors (Lipinski definition) is 5. The summed E-state index contributed by atoms with van der Waals surface area (Å²) in [5.74, 6) is -0.141. The number of benzene rings is 1. The van der Waals surface area contributed by atoms with Gasteiger partial charge in [0.2, 0.25) is 0 Å². The lowest BCUT2D eigenvalue weighted by Crippen LogP contribution is -2.42. The first-order valence-corrected chi connectivity index (χ1v) is 13.1. The van der Waals surface area contributed by atoms with E-state index < -0.39 is 0 Å². The van der Waals surface area contributed by atoms with Crippen molar-refractivity contribution in [1.29, 1.82) is 0 Å². The molecule has 1 aromatic heterocycles. The summed E-state index contributed by atoms with van der Waals surface area (Å²) >= 11 is 7.65. The van der Waals surface area contributed by atoms with Gasteiger partial charge in [-0.05, 0) is 69.1 Å². The average Bonchev–Trinajstić information content (AvgIpc) is 3.21. The second-order valence-corrected chi connectivity index (χ2v) is 10.2. The molecule has 0 saturated carbocycles. The quantitative estimate of drug-likeness (QED) is 0.535. The van der Waals surface area contributed by atoms with Gasteiger partial charge in [-0.1, -0.05) is 23.7 Å². The normalized spacial score (nSPS) is 16.0. The van der Waals surface area contributed by atoms with Crippen LogP contribution in [0.25, 0.3) is 0 Å². The number of halogens is 1. The van der Waals surface area contributed by atoms with Crippen molar-refractivity contribution in [1.82, 2.24) is 10.2 Å². The van der Waals surface area contributed by atoms with E-state index in [1.165, 1.54) is 16.2 Å². The van der Waals surface area contributed by atoms with Gasteiger partial charge in [0, 0.05) is 24.5 Å². The number of likely N-dealkylation sites (tertiary alicyclic amines) is 1. The molecule has 182 valence electrons. The molecule has 7 nitrogen and oxygen atoms in total. The lowest BCUT2D eigenvalue weighted by atomic mass is 9.95. The topological polar surface area (TPSA) is 87.7 Å². The van der Waals surface area contributed by atoms with E-state index in [1.807, 2.05) is 17.0 Å². The van der Waals surface area contributed by atoms with Gasteiger partial charge in [-0.3, -0.25) is 10.1 Å². The minimum Gasteiger partial charge on any atom is -0.462 e. The van der Waals surface area contributed by atoms with E-state index in [-0.39, 0.29) is 23.8 Å². The van der Waals surface area contributed by atoms with Crippen molar-refractivity contribution in [2.75, 3.05) is 31.6 Å². The maximum Gasteiger partial charge on any atom is 0.341 e. The Morgan fingerprint density at radius 2 is 1.88 bits per heavy atom. The van der Waals surface area contributed by atoms with Gasteiger partial charge >= 0.3 is 12.0 Å². The number of fused-ring (bicyclic) bond motifs is 1. The number of rotatable bonds is 6. The monoisotopic (exact) mass is 503 g/mol. The maximum atomic E-state index is 12.7. The molecule has 1 fully saturated rings. The van der Waals surface area contributed by atoms with Crippen LogP contribution in [0.1, 0.15) is 63.8 Å². The first-order valence-electron chi connectivity index (χ1n) is 11.9. The Labute approximate surface area is 208 Å². The van der Waals surface area contributed by atoms with Gasteiger partial charge in [0.25, 0.3) is 5.91 Å². The molecule has 1 saturated heterocycles. The molecule has 34 heavy (non-hydrogen) atoms. The molecule has 3 amide bonds. The number of urea groups is 1. The molecule has 2 N–H and O–H groups in total. The van der Waals surface area contributed by atoms with E-state index in [0.29, 0.717) is 47.4 Å². The summed E-state index contributed by atoms with van der Waals surface area (Å²) in [5.41, 5.74) is 2.07. The van der Waals surface area contributed by atoms with E-state index in [1.54, 1.807) is 19.1 Å². The number of carbonyl (C=O) groups is 3. The van der Waals surface area contributed by atoms with Crippen LogP contribution in [-0.4, -0.2) is 49.0 Å². The number of piperidine rings is 1. The van der Waals surface area contributed by atoms with E-state index in [2.05, 4.69) is 10.6 Å². The molecule has 2 heterocycles. The molecule has 4 rings (SSSR count). The second kappa shape index (κ2) is 11.2. The summed E-state index contributed by atoms with van der Waals surface area (Å²) < 4.78 is 5.25. The van der Waals surface area contributed by atoms with Gasteiger partial charge in [0.15, 0.2) is 0 Å².